The van der Waals surface area contributed by atoms with Crippen LogP contribution in [0.2, 0.25) is 0 Å². The summed E-state index contributed by atoms with van der Waals surface area (Å²) >= 11 is 0. The van der Waals surface area contributed by atoms with Crippen molar-refractivity contribution in [3.63, 3.8) is 0 Å². The molecule has 1 aromatic carbocycles. The number of hydrogen-bond donors (Lipinski definition) is 1. The molecule has 0 bridgehead atoms. The summed E-state index contributed by atoms with van der Waals surface area (Å²) < 4.78 is 23.9. The fourth-order valence-electron chi connectivity index (χ4n) is 2.04. The topological polar surface area (TPSA) is 38.7 Å². The molecule has 1 fully saturated rings. The summed E-state index contributed by atoms with van der Waals surface area (Å²) in [5, 5.41) is 9.97. The van der Waals surface area contributed by atoms with E-state index < -0.39 is 11.4 Å². The van der Waals surface area contributed by atoms with Gasteiger partial charge in [-0.2, -0.15) is 0 Å². The zero-order valence-corrected chi connectivity index (χ0v) is 10.3. The van der Waals surface area contributed by atoms with Crippen molar-refractivity contribution < 1.29 is 19.0 Å². The molecule has 17 heavy (non-hydrogen) atoms. The highest BCUT2D eigenvalue weighted by Crippen LogP contribution is 2.44. The predicted molar refractivity (Wildman–Crippen MR) is 62.1 cm³/mol. The lowest BCUT2D eigenvalue weighted by molar-refractivity contribution is 0.149. The van der Waals surface area contributed by atoms with Crippen LogP contribution in [-0.4, -0.2) is 24.9 Å². The molecule has 1 aliphatic carbocycles. The Morgan fingerprint density at radius 1 is 1.29 bits per heavy atom. The maximum atomic E-state index is 13.7. The summed E-state index contributed by atoms with van der Waals surface area (Å²) in [6.45, 7) is 1.81. The molecule has 0 unspecified atom stereocenters. The summed E-state index contributed by atoms with van der Waals surface area (Å²) in [5.41, 5.74) is 0.965. The molecule has 1 aromatic rings. The van der Waals surface area contributed by atoms with Gasteiger partial charge in [-0.3, -0.25) is 0 Å². The Morgan fingerprint density at radius 3 is 2.35 bits per heavy atom. The van der Waals surface area contributed by atoms with Crippen LogP contribution in [0.5, 0.6) is 11.5 Å². The number of halogens is 1. The standard InChI is InChI=1S/C13H17FO3/c1-8-6-10(14)12(17-3)11(16-2)9(8)7-13(15)4-5-13/h6,15H,4-5,7H2,1-3H3. The lowest BCUT2D eigenvalue weighted by atomic mass is 9.99. The van der Waals surface area contributed by atoms with Crippen LogP contribution in [0.25, 0.3) is 0 Å². The number of ether oxygens (including phenoxy) is 2. The first-order valence-corrected chi connectivity index (χ1v) is 5.63. The van der Waals surface area contributed by atoms with E-state index in [-0.39, 0.29) is 5.75 Å². The van der Waals surface area contributed by atoms with E-state index in [0.717, 1.165) is 24.0 Å². The average Bonchev–Trinajstić information content (AvgIpc) is 3.00. The maximum absolute atomic E-state index is 13.7. The number of hydrogen-bond acceptors (Lipinski definition) is 3. The van der Waals surface area contributed by atoms with Crippen LogP contribution in [-0.2, 0) is 6.42 Å². The molecule has 0 radical (unpaired) electrons. The van der Waals surface area contributed by atoms with Gasteiger partial charge in [0.15, 0.2) is 17.3 Å². The van der Waals surface area contributed by atoms with E-state index in [4.69, 9.17) is 9.47 Å². The summed E-state index contributed by atoms with van der Waals surface area (Å²) in [5.74, 6) is 0.0658. The highest BCUT2D eigenvalue weighted by atomic mass is 19.1. The van der Waals surface area contributed by atoms with Crippen molar-refractivity contribution in [2.45, 2.75) is 31.8 Å². The average molecular weight is 240 g/mol. The minimum absolute atomic E-state index is 0.109. The van der Waals surface area contributed by atoms with E-state index in [9.17, 15) is 9.50 Å². The van der Waals surface area contributed by atoms with Gasteiger partial charge in [0.1, 0.15) is 0 Å². The van der Waals surface area contributed by atoms with Crippen molar-refractivity contribution in [1.82, 2.24) is 0 Å². The van der Waals surface area contributed by atoms with Gasteiger partial charge in [-0.05, 0) is 31.4 Å². The molecule has 94 valence electrons. The van der Waals surface area contributed by atoms with Gasteiger partial charge >= 0.3 is 0 Å². The largest absolute Gasteiger partial charge is 0.492 e. The summed E-state index contributed by atoms with van der Waals surface area (Å²) in [4.78, 5) is 0. The van der Waals surface area contributed by atoms with E-state index in [1.165, 1.54) is 20.3 Å². The van der Waals surface area contributed by atoms with Crippen molar-refractivity contribution in [3.05, 3.63) is 23.0 Å². The molecule has 1 aliphatic rings. The molecule has 3 nitrogen and oxygen atoms in total. The number of aryl methyl sites for hydroxylation is 1. The smallest absolute Gasteiger partial charge is 0.197 e. The molecule has 0 spiro atoms. The van der Waals surface area contributed by atoms with Gasteiger partial charge < -0.3 is 14.6 Å². The molecule has 0 amide bonds. The third-order valence-corrected chi connectivity index (χ3v) is 3.26. The Balaban J connectivity index is 2.48. The lowest BCUT2D eigenvalue weighted by Gasteiger charge is -2.18. The summed E-state index contributed by atoms with van der Waals surface area (Å²) in [6.07, 6.45) is 2.06. The molecule has 0 heterocycles. The Hall–Kier alpha value is -1.29. The Kier molecular flexibility index (Phi) is 3.00. The third kappa shape index (κ3) is 2.22. The molecular formula is C13H17FO3. The Bertz CT molecular complexity index is 439. The minimum Gasteiger partial charge on any atom is -0.492 e. The van der Waals surface area contributed by atoms with E-state index in [1.807, 2.05) is 6.92 Å². The molecule has 0 saturated heterocycles. The van der Waals surface area contributed by atoms with Crippen molar-refractivity contribution >= 4 is 0 Å². The number of aliphatic hydroxyl groups is 1. The van der Waals surface area contributed by atoms with Gasteiger partial charge in [-0.25, -0.2) is 4.39 Å². The van der Waals surface area contributed by atoms with Gasteiger partial charge in [0.25, 0.3) is 0 Å². The van der Waals surface area contributed by atoms with Crippen molar-refractivity contribution in [2.24, 2.45) is 0 Å². The lowest BCUT2D eigenvalue weighted by Crippen LogP contribution is -2.13. The molecule has 0 aromatic heterocycles. The second-order valence-corrected chi connectivity index (χ2v) is 4.62. The van der Waals surface area contributed by atoms with E-state index in [1.54, 1.807) is 0 Å². The molecule has 1 saturated carbocycles. The van der Waals surface area contributed by atoms with Gasteiger partial charge in [-0.1, -0.05) is 0 Å². The Morgan fingerprint density at radius 2 is 1.88 bits per heavy atom. The first kappa shape index (κ1) is 12.2. The molecule has 2 rings (SSSR count). The molecule has 1 N–H and O–H groups in total. The monoisotopic (exact) mass is 240 g/mol. The SMILES string of the molecule is COc1c(F)cc(C)c(CC2(O)CC2)c1OC. The van der Waals surface area contributed by atoms with E-state index >= 15 is 0 Å². The van der Waals surface area contributed by atoms with Crippen LogP contribution in [0.15, 0.2) is 6.07 Å². The quantitative estimate of drug-likeness (QED) is 0.877. The van der Waals surface area contributed by atoms with Crippen LogP contribution in [0, 0.1) is 12.7 Å². The fraction of sp³-hybridized carbons (Fsp3) is 0.538. The highest BCUT2D eigenvalue weighted by molar-refractivity contribution is 5.52. The van der Waals surface area contributed by atoms with Crippen molar-refractivity contribution in [3.8, 4) is 11.5 Å². The van der Waals surface area contributed by atoms with Gasteiger partial charge in [0, 0.05) is 12.0 Å². The van der Waals surface area contributed by atoms with E-state index in [2.05, 4.69) is 0 Å². The molecule has 4 heteroatoms. The normalized spacial score (nSPS) is 16.8. The van der Waals surface area contributed by atoms with Gasteiger partial charge in [0.2, 0.25) is 0 Å². The molecule has 0 aliphatic heterocycles. The van der Waals surface area contributed by atoms with Crippen LogP contribution in [0.4, 0.5) is 4.39 Å². The Labute approximate surface area is 100 Å². The van der Waals surface area contributed by atoms with Crippen LogP contribution in [0.1, 0.15) is 24.0 Å². The van der Waals surface area contributed by atoms with Crippen molar-refractivity contribution in [1.29, 1.82) is 0 Å². The summed E-state index contributed by atoms with van der Waals surface area (Å²) in [6, 6.07) is 1.42. The summed E-state index contributed by atoms with van der Waals surface area (Å²) in [7, 11) is 2.89. The van der Waals surface area contributed by atoms with Crippen LogP contribution >= 0.6 is 0 Å². The second-order valence-electron chi connectivity index (χ2n) is 4.62. The first-order valence-electron chi connectivity index (χ1n) is 5.63. The molecule has 0 atom stereocenters. The number of benzene rings is 1. The zero-order valence-electron chi connectivity index (χ0n) is 10.3. The van der Waals surface area contributed by atoms with Crippen molar-refractivity contribution in [2.75, 3.05) is 14.2 Å². The minimum atomic E-state index is -0.638. The van der Waals surface area contributed by atoms with Crippen LogP contribution in [0.3, 0.4) is 0 Å². The van der Waals surface area contributed by atoms with Gasteiger partial charge in [0.05, 0.1) is 19.8 Å². The molecular weight excluding hydrogens is 223 g/mol. The van der Waals surface area contributed by atoms with E-state index in [0.29, 0.717) is 12.2 Å². The predicted octanol–water partition coefficient (Wildman–Crippen LogP) is 2.22. The van der Waals surface area contributed by atoms with Gasteiger partial charge in [-0.15, -0.1) is 0 Å². The number of methoxy groups -OCH3 is 2. The fourth-order valence-corrected chi connectivity index (χ4v) is 2.04. The zero-order chi connectivity index (χ0) is 12.6. The maximum Gasteiger partial charge on any atom is 0.197 e. The first-order chi connectivity index (χ1) is 8.00. The highest BCUT2D eigenvalue weighted by Gasteiger charge is 2.41. The number of rotatable bonds is 4. The third-order valence-electron chi connectivity index (χ3n) is 3.26. The van der Waals surface area contributed by atoms with Crippen LogP contribution < -0.4 is 9.47 Å². The second kappa shape index (κ2) is 4.18.